The molecule has 2 amide bonds. The van der Waals surface area contributed by atoms with E-state index in [0.717, 1.165) is 10.9 Å². The van der Waals surface area contributed by atoms with Gasteiger partial charge in [0.15, 0.2) is 18.1 Å². The van der Waals surface area contributed by atoms with E-state index in [9.17, 15) is 9.59 Å². The van der Waals surface area contributed by atoms with Gasteiger partial charge in [-0.1, -0.05) is 29.8 Å². The minimum Gasteiger partial charge on any atom is -0.493 e. The van der Waals surface area contributed by atoms with Gasteiger partial charge in [-0.2, -0.15) is 0 Å². The summed E-state index contributed by atoms with van der Waals surface area (Å²) in [4.78, 5) is 24.1. The average Bonchev–Trinajstić information content (AvgIpc) is 2.71. The Labute approximate surface area is 178 Å². The number of hydrazine groups is 1. The number of amides is 2. The van der Waals surface area contributed by atoms with Gasteiger partial charge in [0.25, 0.3) is 11.8 Å². The van der Waals surface area contributed by atoms with Crippen LogP contribution >= 0.6 is 15.9 Å². The lowest BCUT2D eigenvalue weighted by Gasteiger charge is -2.13. The highest BCUT2D eigenvalue weighted by Crippen LogP contribution is 2.28. The van der Waals surface area contributed by atoms with Gasteiger partial charge in [0.05, 0.1) is 13.7 Å². The molecule has 0 unspecified atom stereocenters. The van der Waals surface area contributed by atoms with Crippen molar-refractivity contribution < 1.29 is 23.8 Å². The fourth-order valence-electron chi connectivity index (χ4n) is 2.25. The van der Waals surface area contributed by atoms with Crippen LogP contribution in [0.25, 0.3) is 0 Å². The van der Waals surface area contributed by atoms with Gasteiger partial charge in [-0.3, -0.25) is 20.4 Å². The third-order valence-electron chi connectivity index (χ3n) is 3.88. The van der Waals surface area contributed by atoms with Crippen LogP contribution in [-0.2, 0) is 4.79 Å². The van der Waals surface area contributed by atoms with Crippen molar-refractivity contribution in [2.75, 3.05) is 20.3 Å². The van der Waals surface area contributed by atoms with E-state index in [-0.39, 0.29) is 6.61 Å². The molecular formula is C21H25BrN2O5. The summed E-state index contributed by atoms with van der Waals surface area (Å²) < 4.78 is 17.3. The molecule has 8 heteroatoms. The second kappa shape index (κ2) is 11.3. The zero-order valence-electron chi connectivity index (χ0n) is 16.7. The van der Waals surface area contributed by atoms with Crippen molar-refractivity contribution in [3.05, 3.63) is 52.5 Å². The molecule has 0 aliphatic heterocycles. The zero-order valence-corrected chi connectivity index (χ0v) is 18.2. The van der Waals surface area contributed by atoms with E-state index < -0.39 is 11.8 Å². The monoisotopic (exact) mass is 464 g/mol. The fraction of sp³-hybridized carbons (Fsp3) is 0.333. The summed E-state index contributed by atoms with van der Waals surface area (Å²) in [6, 6.07) is 11.9. The Morgan fingerprint density at radius 3 is 2.38 bits per heavy atom. The number of carbonyl (C=O) groups excluding carboxylic acids is 2. The molecule has 2 N–H and O–H groups in total. The van der Waals surface area contributed by atoms with Crippen molar-refractivity contribution in [3.63, 3.8) is 0 Å². The molecule has 2 aromatic carbocycles. The van der Waals surface area contributed by atoms with Crippen molar-refractivity contribution >= 4 is 27.7 Å². The summed E-state index contributed by atoms with van der Waals surface area (Å²) in [6.07, 6.45) is 0.916. The first-order valence-electron chi connectivity index (χ1n) is 9.17. The molecule has 0 fully saturated rings. The predicted octanol–water partition coefficient (Wildman–Crippen LogP) is 3.72. The molecule has 0 radical (unpaired) electrons. The molecular weight excluding hydrogens is 440 g/mol. The third kappa shape index (κ3) is 7.65. The van der Waals surface area contributed by atoms with Crippen LogP contribution in [0, 0.1) is 5.92 Å². The normalized spacial score (nSPS) is 10.4. The molecule has 0 spiro atoms. The molecule has 0 heterocycles. The number of ether oxygens (including phenoxy) is 3. The van der Waals surface area contributed by atoms with Gasteiger partial charge in [-0.25, -0.2) is 0 Å². The summed E-state index contributed by atoms with van der Waals surface area (Å²) >= 11 is 3.32. The molecule has 0 saturated heterocycles. The third-order valence-corrected chi connectivity index (χ3v) is 4.41. The first-order chi connectivity index (χ1) is 13.9. The Morgan fingerprint density at radius 1 is 1.00 bits per heavy atom. The van der Waals surface area contributed by atoms with Crippen LogP contribution in [0.5, 0.6) is 17.2 Å². The largest absolute Gasteiger partial charge is 0.493 e. The highest BCUT2D eigenvalue weighted by Gasteiger charge is 2.12. The maximum absolute atomic E-state index is 12.3. The fourth-order valence-corrected chi connectivity index (χ4v) is 2.51. The summed E-state index contributed by atoms with van der Waals surface area (Å²) in [5.74, 6) is 1.13. The molecule has 156 valence electrons. The SMILES string of the molecule is COc1cc(C(=O)NNC(=O)COc2ccc(Br)cc2)ccc1OCCC(C)C. The molecule has 0 aliphatic rings. The van der Waals surface area contributed by atoms with Crippen LogP contribution in [0.2, 0.25) is 0 Å². The molecule has 0 aromatic heterocycles. The number of nitrogens with one attached hydrogen (secondary N) is 2. The Morgan fingerprint density at radius 2 is 1.72 bits per heavy atom. The number of benzene rings is 2. The molecule has 7 nitrogen and oxygen atoms in total. The lowest BCUT2D eigenvalue weighted by molar-refractivity contribution is -0.123. The van der Waals surface area contributed by atoms with E-state index in [1.165, 1.54) is 7.11 Å². The average molecular weight is 465 g/mol. The summed E-state index contributed by atoms with van der Waals surface area (Å²) in [5, 5.41) is 0. The summed E-state index contributed by atoms with van der Waals surface area (Å²) in [7, 11) is 1.51. The van der Waals surface area contributed by atoms with Crippen molar-refractivity contribution in [1.29, 1.82) is 0 Å². The van der Waals surface area contributed by atoms with Crippen LogP contribution in [0.15, 0.2) is 46.9 Å². The van der Waals surface area contributed by atoms with Gasteiger partial charge >= 0.3 is 0 Å². The number of hydrogen-bond donors (Lipinski definition) is 2. The topological polar surface area (TPSA) is 85.9 Å². The molecule has 2 rings (SSSR count). The van der Waals surface area contributed by atoms with Crippen LogP contribution in [-0.4, -0.2) is 32.1 Å². The Bertz CT molecular complexity index is 824. The second-order valence-corrected chi connectivity index (χ2v) is 7.56. The van der Waals surface area contributed by atoms with Crippen molar-refractivity contribution in [2.45, 2.75) is 20.3 Å². The molecule has 2 aromatic rings. The smallest absolute Gasteiger partial charge is 0.276 e. The second-order valence-electron chi connectivity index (χ2n) is 6.64. The van der Waals surface area contributed by atoms with E-state index in [2.05, 4.69) is 40.6 Å². The predicted molar refractivity (Wildman–Crippen MR) is 113 cm³/mol. The van der Waals surface area contributed by atoms with Crippen molar-refractivity contribution in [2.24, 2.45) is 5.92 Å². The van der Waals surface area contributed by atoms with E-state index in [1.54, 1.807) is 42.5 Å². The zero-order chi connectivity index (χ0) is 21.2. The van der Waals surface area contributed by atoms with Crippen LogP contribution in [0.1, 0.15) is 30.6 Å². The van der Waals surface area contributed by atoms with Crippen molar-refractivity contribution in [3.8, 4) is 17.2 Å². The minimum absolute atomic E-state index is 0.228. The highest BCUT2D eigenvalue weighted by atomic mass is 79.9. The van der Waals surface area contributed by atoms with E-state index >= 15 is 0 Å². The number of hydrogen-bond acceptors (Lipinski definition) is 5. The van der Waals surface area contributed by atoms with Gasteiger partial charge in [0, 0.05) is 10.0 Å². The van der Waals surface area contributed by atoms with Gasteiger partial charge in [0.1, 0.15) is 5.75 Å². The molecule has 0 bridgehead atoms. The standard InChI is InChI=1S/C21H25BrN2O5/c1-14(2)10-11-28-18-9-4-15(12-19(18)27-3)21(26)24-23-20(25)13-29-17-7-5-16(22)6-8-17/h4-9,12,14H,10-11,13H2,1-3H3,(H,23,25)(H,24,26). The van der Waals surface area contributed by atoms with Crippen LogP contribution < -0.4 is 25.1 Å². The Hall–Kier alpha value is -2.74. The number of methoxy groups -OCH3 is 1. The Kier molecular flexibility index (Phi) is 8.79. The summed E-state index contributed by atoms with van der Waals surface area (Å²) in [6.45, 7) is 4.57. The molecule has 0 atom stereocenters. The first kappa shape index (κ1) is 22.5. The molecule has 0 saturated carbocycles. The van der Waals surface area contributed by atoms with Gasteiger partial charge in [-0.15, -0.1) is 0 Å². The first-order valence-corrected chi connectivity index (χ1v) is 9.96. The number of carbonyl (C=O) groups is 2. The van der Waals surface area contributed by atoms with E-state index in [0.29, 0.717) is 35.3 Å². The lowest BCUT2D eigenvalue weighted by atomic mass is 10.1. The maximum Gasteiger partial charge on any atom is 0.276 e. The molecule has 29 heavy (non-hydrogen) atoms. The van der Waals surface area contributed by atoms with E-state index in [1.807, 2.05) is 0 Å². The van der Waals surface area contributed by atoms with Crippen molar-refractivity contribution in [1.82, 2.24) is 10.9 Å². The number of halogens is 1. The number of rotatable bonds is 9. The van der Waals surface area contributed by atoms with E-state index in [4.69, 9.17) is 14.2 Å². The quantitative estimate of drug-likeness (QED) is 0.552. The van der Waals surface area contributed by atoms with Gasteiger partial charge in [0.2, 0.25) is 0 Å². The summed E-state index contributed by atoms with van der Waals surface area (Å²) in [5.41, 5.74) is 4.99. The Balaban J connectivity index is 1.84. The van der Waals surface area contributed by atoms with Gasteiger partial charge < -0.3 is 14.2 Å². The lowest BCUT2D eigenvalue weighted by Crippen LogP contribution is -2.43. The minimum atomic E-state index is -0.484. The maximum atomic E-state index is 12.3. The van der Waals surface area contributed by atoms with Crippen LogP contribution in [0.3, 0.4) is 0 Å². The van der Waals surface area contributed by atoms with Crippen LogP contribution in [0.4, 0.5) is 0 Å². The highest BCUT2D eigenvalue weighted by molar-refractivity contribution is 9.10. The van der Waals surface area contributed by atoms with Gasteiger partial charge in [-0.05, 0) is 54.8 Å². The molecule has 0 aliphatic carbocycles.